The highest BCUT2D eigenvalue weighted by Gasteiger charge is 2.30. The molecule has 0 spiro atoms. The van der Waals surface area contributed by atoms with E-state index in [2.05, 4.69) is 20.3 Å². The number of aromatic nitrogens is 3. The fraction of sp³-hybridized carbons (Fsp3) is 0.391. The van der Waals surface area contributed by atoms with Crippen LogP contribution in [-0.2, 0) is 4.79 Å². The number of hydrogen-bond donors (Lipinski definition) is 4. The number of carbonyl (C=O) groups is 2. The smallest absolute Gasteiger partial charge is 0.381 e. The van der Waals surface area contributed by atoms with Crippen LogP contribution < -0.4 is 16.4 Å². The number of nitrogens with one attached hydrogen (secondary N) is 3. The van der Waals surface area contributed by atoms with Crippen LogP contribution in [0, 0.1) is 5.92 Å². The van der Waals surface area contributed by atoms with Crippen molar-refractivity contribution in [3.8, 4) is 11.1 Å². The number of H-pyrrole nitrogens is 1. The topological polar surface area (TPSA) is 126 Å². The molecule has 4 rings (SSSR count). The number of rotatable bonds is 7. The Morgan fingerprint density at radius 3 is 2.71 bits per heavy atom. The Balaban J connectivity index is 1.50. The number of nitrogens with zero attached hydrogens (tertiary/aromatic N) is 2. The molecule has 8 nitrogen and oxygen atoms in total. The number of aromatic amines is 1. The number of alkyl halides is 3. The number of carbonyl (C=O) groups excluding carboxylic acids is 2. The van der Waals surface area contributed by atoms with Gasteiger partial charge in [0, 0.05) is 53.8 Å². The van der Waals surface area contributed by atoms with Crippen molar-refractivity contribution in [3.63, 3.8) is 0 Å². The maximum Gasteiger partial charge on any atom is 0.405 e. The van der Waals surface area contributed by atoms with Gasteiger partial charge in [-0.25, -0.2) is 4.98 Å². The third kappa shape index (κ3) is 5.64. The van der Waals surface area contributed by atoms with Crippen molar-refractivity contribution < 1.29 is 22.8 Å². The van der Waals surface area contributed by atoms with E-state index in [4.69, 9.17) is 5.73 Å². The highest BCUT2D eigenvalue weighted by Crippen LogP contribution is 2.32. The van der Waals surface area contributed by atoms with E-state index in [-0.39, 0.29) is 18.4 Å². The lowest BCUT2D eigenvalue weighted by atomic mass is 9.82. The maximum atomic E-state index is 12.4. The van der Waals surface area contributed by atoms with E-state index in [9.17, 15) is 22.8 Å². The molecule has 2 atom stereocenters. The highest BCUT2D eigenvalue weighted by molar-refractivity contribution is 6.00. The van der Waals surface area contributed by atoms with Gasteiger partial charge in [0.25, 0.3) is 0 Å². The van der Waals surface area contributed by atoms with Crippen molar-refractivity contribution in [2.75, 3.05) is 11.9 Å². The number of amides is 2. The minimum atomic E-state index is -4.43. The molecule has 3 aromatic rings. The first-order valence-corrected chi connectivity index (χ1v) is 11.0. The molecule has 0 bridgehead atoms. The molecule has 1 saturated carbocycles. The molecule has 11 heteroatoms. The van der Waals surface area contributed by atoms with E-state index in [1.165, 1.54) is 6.20 Å². The van der Waals surface area contributed by atoms with Gasteiger partial charge in [0.2, 0.25) is 11.8 Å². The Morgan fingerprint density at radius 2 is 1.94 bits per heavy atom. The average molecular weight is 474 g/mol. The summed E-state index contributed by atoms with van der Waals surface area (Å²) >= 11 is 0. The van der Waals surface area contributed by atoms with E-state index < -0.39 is 24.5 Å². The predicted molar refractivity (Wildman–Crippen MR) is 121 cm³/mol. The Hall–Kier alpha value is -3.63. The zero-order valence-corrected chi connectivity index (χ0v) is 18.3. The molecule has 180 valence electrons. The zero-order chi connectivity index (χ0) is 24.3. The van der Waals surface area contributed by atoms with E-state index in [0.29, 0.717) is 11.2 Å². The van der Waals surface area contributed by atoms with Crippen LogP contribution in [0.4, 0.5) is 18.9 Å². The molecule has 1 fully saturated rings. The standard InChI is InChI=1S/C23H25F3N6O2/c24-23(25,26)12-31-20(33)7-13-3-1-2-4-19(13)32-16-5-14(8-28-10-16)18-11-30-22-17(18)6-15(9-29-22)21(27)34/h5-6,8-11,13,19,32H,1-4,7,12H2,(H2,27,34)(H,29,30)(H,31,33)/t13-,19-/m1/s1. The summed E-state index contributed by atoms with van der Waals surface area (Å²) in [5, 5.41) is 6.12. The van der Waals surface area contributed by atoms with Gasteiger partial charge in [0.1, 0.15) is 12.2 Å². The van der Waals surface area contributed by atoms with Crippen molar-refractivity contribution in [1.82, 2.24) is 20.3 Å². The largest absolute Gasteiger partial charge is 0.405 e. The minimum Gasteiger partial charge on any atom is -0.381 e. The fourth-order valence-electron chi connectivity index (χ4n) is 4.41. The van der Waals surface area contributed by atoms with E-state index in [1.54, 1.807) is 24.7 Å². The Kier molecular flexibility index (Phi) is 6.71. The zero-order valence-electron chi connectivity index (χ0n) is 18.3. The second kappa shape index (κ2) is 9.70. The van der Waals surface area contributed by atoms with Crippen LogP contribution in [0.1, 0.15) is 42.5 Å². The molecule has 2 amide bonds. The highest BCUT2D eigenvalue weighted by atomic mass is 19.4. The number of anilines is 1. The average Bonchev–Trinajstić information content (AvgIpc) is 3.22. The number of nitrogens with two attached hydrogens (primary N) is 1. The first kappa shape index (κ1) is 23.5. The predicted octanol–water partition coefficient (Wildman–Crippen LogP) is 3.76. The molecule has 3 aromatic heterocycles. The Bertz CT molecular complexity index is 1190. The summed E-state index contributed by atoms with van der Waals surface area (Å²) in [7, 11) is 0. The Morgan fingerprint density at radius 1 is 1.15 bits per heavy atom. The summed E-state index contributed by atoms with van der Waals surface area (Å²) in [6.07, 6.45) is 5.61. The normalized spacial score (nSPS) is 18.6. The lowest BCUT2D eigenvalue weighted by Crippen LogP contribution is -2.39. The third-order valence-electron chi connectivity index (χ3n) is 6.06. The molecule has 0 radical (unpaired) electrons. The number of pyridine rings is 2. The van der Waals surface area contributed by atoms with Gasteiger partial charge in [-0.2, -0.15) is 13.2 Å². The number of hydrogen-bond acceptors (Lipinski definition) is 5. The van der Waals surface area contributed by atoms with Crippen LogP contribution in [0.15, 0.2) is 36.9 Å². The van der Waals surface area contributed by atoms with E-state index in [1.807, 2.05) is 11.4 Å². The molecule has 3 heterocycles. The molecule has 1 aliphatic rings. The quantitative estimate of drug-likeness (QED) is 0.415. The van der Waals surface area contributed by atoms with Crippen LogP contribution in [0.25, 0.3) is 22.2 Å². The van der Waals surface area contributed by atoms with Gasteiger partial charge in [0.05, 0.1) is 11.3 Å². The SMILES string of the molecule is NC(=O)c1cnc2[nH]cc(-c3cncc(N[C@@H]4CCCC[C@@H]4CC(=O)NCC(F)(F)F)c3)c2c1. The van der Waals surface area contributed by atoms with E-state index >= 15 is 0 Å². The van der Waals surface area contributed by atoms with Crippen molar-refractivity contribution in [2.45, 2.75) is 44.3 Å². The first-order valence-electron chi connectivity index (χ1n) is 11.0. The van der Waals surface area contributed by atoms with Crippen LogP contribution in [-0.4, -0.2) is 45.5 Å². The summed E-state index contributed by atoms with van der Waals surface area (Å²) in [4.78, 5) is 35.2. The van der Waals surface area contributed by atoms with Crippen molar-refractivity contribution in [1.29, 1.82) is 0 Å². The van der Waals surface area contributed by atoms with Gasteiger partial charge in [-0.1, -0.05) is 12.8 Å². The lowest BCUT2D eigenvalue weighted by molar-refractivity contribution is -0.139. The summed E-state index contributed by atoms with van der Waals surface area (Å²) < 4.78 is 37.2. The van der Waals surface area contributed by atoms with Crippen LogP contribution in [0.3, 0.4) is 0 Å². The molecule has 34 heavy (non-hydrogen) atoms. The Labute approximate surface area is 193 Å². The molecule has 0 aliphatic heterocycles. The van der Waals surface area contributed by atoms with Gasteiger partial charge < -0.3 is 21.4 Å². The van der Waals surface area contributed by atoms with Gasteiger partial charge in [-0.05, 0) is 30.9 Å². The van der Waals surface area contributed by atoms with Crippen molar-refractivity contribution >= 4 is 28.5 Å². The molecule has 5 N–H and O–H groups in total. The van der Waals surface area contributed by atoms with Crippen LogP contribution >= 0.6 is 0 Å². The second-order valence-corrected chi connectivity index (χ2v) is 8.54. The molecule has 1 aliphatic carbocycles. The van der Waals surface area contributed by atoms with E-state index in [0.717, 1.165) is 47.9 Å². The lowest BCUT2D eigenvalue weighted by Gasteiger charge is -2.32. The molecular weight excluding hydrogens is 449 g/mol. The van der Waals surface area contributed by atoms with Gasteiger partial charge in [-0.3, -0.25) is 14.6 Å². The molecule has 0 unspecified atom stereocenters. The number of fused-ring (bicyclic) bond motifs is 1. The van der Waals surface area contributed by atoms with Gasteiger partial charge in [0.15, 0.2) is 0 Å². The van der Waals surface area contributed by atoms with Crippen LogP contribution in [0.5, 0.6) is 0 Å². The summed E-state index contributed by atoms with van der Waals surface area (Å²) in [5.74, 6) is -1.25. The summed E-state index contributed by atoms with van der Waals surface area (Å²) in [5.41, 5.74) is 8.61. The third-order valence-corrected chi connectivity index (χ3v) is 6.06. The summed E-state index contributed by atoms with van der Waals surface area (Å²) in [6, 6.07) is 3.52. The first-order chi connectivity index (χ1) is 16.2. The number of halogens is 3. The molecular formula is C23H25F3N6O2. The molecule has 0 aromatic carbocycles. The monoisotopic (exact) mass is 474 g/mol. The van der Waals surface area contributed by atoms with Crippen LogP contribution in [0.2, 0.25) is 0 Å². The maximum absolute atomic E-state index is 12.4. The molecule has 0 saturated heterocycles. The number of primary amides is 1. The van der Waals surface area contributed by atoms with Gasteiger partial charge >= 0.3 is 6.18 Å². The fourth-order valence-corrected chi connectivity index (χ4v) is 4.41. The van der Waals surface area contributed by atoms with Gasteiger partial charge in [-0.15, -0.1) is 0 Å². The summed E-state index contributed by atoms with van der Waals surface area (Å²) in [6.45, 7) is -1.32. The van der Waals surface area contributed by atoms with Crippen molar-refractivity contribution in [2.24, 2.45) is 11.7 Å². The minimum absolute atomic E-state index is 0.0326. The van der Waals surface area contributed by atoms with Crippen molar-refractivity contribution in [3.05, 3.63) is 42.5 Å². The second-order valence-electron chi connectivity index (χ2n) is 8.54.